The lowest BCUT2D eigenvalue weighted by Crippen LogP contribution is -2.30. The van der Waals surface area contributed by atoms with E-state index in [0.29, 0.717) is 30.9 Å². The minimum atomic E-state index is -0.409. The van der Waals surface area contributed by atoms with Crippen LogP contribution in [0.1, 0.15) is 12.0 Å². The molecule has 0 bridgehead atoms. The Bertz CT molecular complexity index is 504. The van der Waals surface area contributed by atoms with E-state index in [-0.39, 0.29) is 18.1 Å². The summed E-state index contributed by atoms with van der Waals surface area (Å²) in [6.07, 6.45) is 0.210. The van der Waals surface area contributed by atoms with Crippen LogP contribution in [0.4, 0.5) is 11.4 Å². The summed E-state index contributed by atoms with van der Waals surface area (Å²) >= 11 is 0. The molecule has 0 unspecified atom stereocenters. The maximum Gasteiger partial charge on any atom is 0.307 e. The molecule has 0 heterocycles. The van der Waals surface area contributed by atoms with Crippen molar-refractivity contribution in [3.63, 3.8) is 0 Å². The topological polar surface area (TPSA) is 81.9 Å². The van der Waals surface area contributed by atoms with E-state index in [4.69, 9.17) is 4.74 Å². The number of ether oxygens (including phenoxy) is 2. The Labute approximate surface area is 123 Å². The number of nitrogens with zero attached hydrogens (tertiary/aromatic N) is 2. The maximum absolute atomic E-state index is 11.3. The zero-order valence-electron chi connectivity index (χ0n) is 12.5. The second-order valence-electron chi connectivity index (χ2n) is 4.53. The van der Waals surface area contributed by atoms with Crippen LogP contribution in [0.2, 0.25) is 0 Å². The quantitative estimate of drug-likeness (QED) is 0.414. The number of carbonyl (C=O) groups excluding carboxylic acids is 1. The van der Waals surface area contributed by atoms with Gasteiger partial charge in [-0.1, -0.05) is 6.07 Å². The number of carbonyl (C=O) groups is 1. The van der Waals surface area contributed by atoms with Crippen LogP contribution in [-0.2, 0) is 14.3 Å². The van der Waals surface area contributed by atoms with E-state index in [1.165, 1.54) is 13.2 Å². The molecule has 0 spiro atoms. The Hall–Kier alpha value is -2.15. The van der Waals surface area contributed by atoms with E-state index in [1.807, 2.05) is 4.90 Å². The average Bonchev–Trinajstić information content (AvgIpc) is 2.47. The molecule has 0 aliphatic heterocycles. The number of esters is 1. The van der Waals surface area contributed by atoms with Crippen LogP contribution in [0, 0.1) is 17.0 Å². The monoisotopic (exact) mass is 296 g/mol. The first-order valence-electron chi connectivity index (χ1n) is 6.55. The predicted molar refractivity (Wildman–Crippen MR) is 78.6 cm³/mol. The van der Waals surface area contributed by atoms with Crippen molar-refractivity contribution >= 4 is 17.3 Å². The fourth-order valence-corrected chi connectivity index (χ4v) is 1.89. The van der Waals surface area contributed by atoms with E-state index < -0.39 is 4.92 Å². The Morgan fingerprint density at radius 2 is 2.05 bits per heavy atom. The van der Waals surface area contributed by atoms with E-state index in [9.17, 15) is 14.9 Å². The third-order valence-corrected chi connectivity index (χ3v) is 3.13. The van der Waals surface area contributed by atoms with Gasteiger partial charge in [0.1, 0.15) is 0 Å². The molecule has 0 fully saturated rings. The Morgan fingerprint density at radius 3 is 2.62 bits per heavy atom. The summed E-state index contributed by atoms with van der Waals surface area (Å²) in [4.78, 5) is 23.7. The summed E-state index contributed by atoms with van der Waals surface area (Å²) in [6, 6.07) is 5.02. The molecular formula is C14H20N2O5. The standard InChI is InChI=1S/C14H20N2O5/c1-11-4-5-12(10-13(11)16(18)19)15(8-9-20-2)7-6-14(17)21-3/h4-5,10H,6-9H2,1-3H3. The van der Waals surface area contributed by atoms with Crippen LogP contribution < -0.4 is 4.90 Å². The average molecular weight is 296 g/mol. The Kier molecular flexibility index (Phi) is 6.61. The predicted octanol–water partition coefficient (Wildman–Crippen LogP) is 1.92. The number of aryl methyl sites for hydroxylation is 1. The highest BCUT2D eigenvalue weighted by atomic mass is 16.6. The Morgan fingerprint density at radius 1 is 1.33 bits per heavy atom. The number of nitro groups is 1. The zero-order valence-corrected chi connectivity index (χ0v) is 12.5. The molecule has 0 atom stereocenters. The van der Waals surface area contributed by atoms with Crippen molar-refractivity contribution in [2.75, 3.05) is 38.8 Å². The lowest BCUT2D eigenvalue weighted by Gasteiger charge is -2.24. The van der Waals surface area contributed by atoms with Gasteiger partial charge in [0.15, 0.2) is 0 Å². The maximum atomic E-state index is 11.3. The van der Waals surface area contributed by atoms with Crippen LogP contribution in [-0.4, -0.2) is 44.8 Å². The normalized spacial score (nSPS) is 10.2. The number of methoxy groups -OCH3 is 2. The van der Waals surface area contributed by atoms with Gasteiger partial charge in [0, 0.05) is 37.5 Å². The fourth-order valence-electron chi connectivity index (χ4n) is 1.89. The molecule has 7 heteroatoms. The minimum absolute atomic E-state index is 0.0629. The van der Waals surface area contributed by atoms with Crippen molar-refractivity contribution < 1.29 is 19.2 Å². The molecule has 0 N–H and O–H groups in total. The second kappa shape index (κ2) is 8.21. The zero-order chi connectivity index (χ0) is 15.8. The third kappa shape index (κ3) is 5.03. The first-order valence-corrected chi connectivity index (χ1v) is 6.55. The van der Waals surface area contributed by atoms with Crippen LogP contribution >= 0.6 is 0 Å². The van der Waals surface area contributed by atoms with Crippen molar-refractivity contribution in [3.05, 3.63) is 33.9 Å². The number of rotatable bonds is 8. The van der Waals surface area contributed by atoms with Crippen molar-refractivity contribution in [1.29, 1.82) is 0 Å². The van der Waals surface area contributed by atoms with Gasteiger partial charge in [0.25, 0.3) is 5.69 Å². The molecule has 7 nitrogen and oxygen atoms in total. The van der Waals surface area contributed by atoms with Crippen molar-refractivity contribution in [1.82, 2.24) is 0 Å². The number of hydrogen-bond acceptors (Lipinski definition) is 6. The molecule has 1 aromatic rings. The van der Waals surface area contributed by atoms with Gasteiger partial charge in [-0.3, -0.25) is 14.9 Å². The number of benzene rings is 1. The highest BCUT2D eigenvalue weighted by Gasteiger charge is 2.15. The number of nitro benzene ring substituents is 1. The summed E-state index contributed by atoms with van der Waals surface area (Å²) < 4.78 is 9.65. The molecule has 0 aliphatic rings. The molecule has 0 aromatic heterocycles. The fraction of sp³-hybridized carbons (Fsp3) is 0.500. The van der Waals surface area contributed by atoms with Crippen LogP contribution in [0.3, 0.4) is 0 Å². The van der Waals surface area contributed by atoms with Crippen molar-refractivity contribution in [2.45, 2.75) is 13.3 Å². The molecule has 116 valence electrons. The molecule has 0 radical (unpaired) electrons. The lowest BCUT2D eigenvalue weighted by molar-refractivity contribution is -0.385. The van der Waals surface area contributed by atoms with Crippen LogP contribution in [0.25, 0.3) is 0 Å². The molecule has 0 saturated heterocycles. The van der Waals surface area contributed by atoms with Crippen molar-refractivity contribution in [2.24, 2.45) is 0 Å². The second-order valence-corrected chi connectivity index (χ2v) is 4.53. The van der Waals surface area contributed by atoms with Gasteiger partial charge in [0.05, 0.1) is 25.1 Å². The van der Waals surface area contributed by atoms with E-state index in [0.717, 1.165) is 0 Å². The largest absolute Gasteiger partial charge is 0.469 e. The lowest BCUT2D eigenvalue weighted by atomic mass is 10.1. The van der Waals surface area contributed by atoms with E-state index in [2.05, 4.69) is 4.74 Å². The SMILES string of the molecule is COCCN(CCC(=O)OC)c1ccc(C)c([N+](=O)[O-])c1. The molecule has 0 aliphatic carbocycles. The van der Waals surface area contributed by atoms with Crippen molar-refractivity contribution in [3.8, 4) is 0 Å². The van der Waals surface area contributed by atoms with Gasteiger partial charge < -0.3 is 14.4 Å². The first-order chi connectivity index (χ1) is 9.99. The molecule has 0 amide bonds. The number of hydrogen-bond donors (Lipinski definition) is 0. The summed E-state index contributed by atoms with van der Waals surface area (Å²) in [7, 11) is 2.91. The van der Waals surface area contributed by atoms with Gasteiger partial charge in [-0.25, -0.2) is 0 Å². The smallest absolute Gasteiger partial charge is 0.307 e. The summed E-state index contributed by atoms with van der Waals surface area (Å²) in [5, 5.41) is 11.0. The molecule has 0 saturated carbocycles. The molecule has 21 heavy (non-hydrogen) atoms. The van der Waals surface area contributed by atoms with E-state index >= 15 is 0 Å². The molecular weight excluding hydrogens is 276 g/mol. The highest BCUT2D eigenvalue weighted by Crippen LogP contribution is 2.25. The summed E-state index contributed by atoms with van der Waals surface area (Å²) in [5.41, 5.74) is 1.35. The summed E-state index contributed by atoms with van der Waals surface area (Å²) in [6.45, 7) is 3.10. The first kappa shape index (κ1) is 16.9. The van der Waals surface area contributed by atoms with Gasteiger partial charge in [-0.15, -0.1) is 0 Å². The van der Waals surface area contributed by atoms with Gasteiger partial charge in [0.2, 0.25) is 0 Å². The molecule has 1 rings (SSSR count). The third-order valence-electron chi connectivity index (χ3n) is 3.13. The van der Waals surface area contributed by atoms with E-state index in [1.54, 1.807) is 26.2 Å². The molecule has 1 aromatic carbocycles. The van der Waals surface area contributed by atoms with Gasteiger partial charge in [-0.05, 0) is 13.0 Å². The van der Waals surface area contributed by atoms with Gasteiger partial charge in [-0.2, -0.15) is 0 Å². The number of anilines is 1. The van der Waals surface area contributed by atoms with Crippen LogP contribution in [0.15, 0.2) is 18.2 Å². The summed E-state index contributed by atoms with van der Waals surface area (Å²) in [5.74, 6) is -0.320. The van der Waals surface area contributed by atoms with Crippen LogP contribution in [0.5, 0.6) is 0 Å². The highest BCUT2D eigenvalue weighted by molar-refractivity contribution is 5.70. The van der Waals surface area contributed by atoms with Gasteiger partial charge >= 0.3 is 5.97 Å². The minimum Gasteiger partial charge on any atom is -0.469 e. The Balaban J connectivity index is 2.93.